The number of nitrogens with zero attached hydrogens (tertiary/aromatic N) is 3. The average molecular weight is 367 g/mol. The highest BCUT2D eigenvalue weighted by molar-refractivity contribution is 7.22. The Bertz CT molecular complexity index is 910. The minimum absolute atomic E-state index is 0.0156. The van der Waals surface area contributed by atoms with Crippen LogP contribution < -0.4 is 10.5 Å². The van der Waals surface area contributed by atoms with E-state index in [2.05, 4.69) is 14.8 Å². The van der Waals surface area contributed by atoms with Crippen LogP contribution in [0.1, 0.15) is 0 Å². The fraction of sp³-hybridized carbons (Fsp3) is 0.167. The number of ether oxygens (including phenoxy) is 1. The third-order valence-electron chi connectivity index (χ3n) is 2.97. The van der Waals surface area contributed by atoms with Crippen LogP contribution in [0.3, 0.4) is 0 Å². The van der Waals surface area contributed by atoms with Crippen LogP contribution in [0.15, 0.2) is 6.07 Å². The van der Waals surface area contributed by atoms with Crippen LogP contribution >= 0.6 is 22.9 Å². The lowest BCUT2D eigenvalue weighted by Gasteiger charge is -2.04. The van der Waals surface area contributed by atoms with Crippen molar-refractivity contribution in [3.8, 4) is 17.1 Å². The molecule has 2 aromatic heterocycles. The normalized spacial score (nSPS) is 11.6. The maximum absolute atomic E-state index is 14.3. The SMILES string of the molecule is Cn1nc(-c2c(F)cc(F)c3nc(N)sc23)c(Cl)c1OC(F)F. The molecule has 0 amide bonds. The molecule has 0 spiro atoms. The molecule has 0 atom stereocenters. The van der Waals surface area contributed by atoms with E-state index >= 15 is 0 Å². The molecule has 3 aromatic rings. The van der Waals surface area contributed by atoms with Gasteiger partial charge in [-0.05, 0) is 0 Å². The van der Waals surface area contributed by atoms with E-state index in [-0.39, 0.29) is 31.6 Å². The van der Waals surface area contributed by atoms with E-state index in [1.165, 1.54) is 7.05 Å². The topological polar surface area (TPSA) is 66.0 Å². The quantitative estimate of drug-likeness (QED) is 0.716. The van der Waals surface area contributed by atoms with E-state index in [1.54, 1.807) is 0 Å². The summed E-state index contributed by atoms with van der Waals surface area (Å²) in [6, 6.07) is 0.607. The number of halogens is 5. The van der Waals surface area contributed by atoms with E-state index in [4.69, 9.17) is 17.3 Å². The summed E-state index contributed by atoms with van der Waals surface area (Å²) in [5, 5.41) is 3.57. The highest BCUT2D eigenvalue weighted by atomic mass is 35.5. The minimum Gasteiger partial charge on any atom is -0.416 e. The van der Waals surface area contributed by atoms with E-state index in [9.17, 15) is 17.6 Å². The second-order valence-electron chi connectivity index (χ2n) is 4.41. The number of benzene rings is 1. The number of aromatic nitrogens is 3. The fourth-order valence-corrected chi connectivity index (χ4v) is 3.28. The van der Waals surface area contributed by atoms with Crippen molar-refractivity contribution in [2.45, 2.75) is 6.61 Å². The van der Waals surface area contributed by atoms with E-state index < -0.39 is 24.1 Å². The fourth-order valence-electron chi connectivity index (χ4n) is 2.10. The molecule has 2 N–H and O–H groups in total. The summed E-state index contributed by atoms with van der Waals surface area (Å²) in [7, 11) is 1.30. The maximum atomic E-state index is 14.3. The number of nitrogen functional groups attached to an aromatic ring is 1. The number of thiazole rings is 1. The number of aryl methyl sites for hydroxylation is 1. The van der Waals surface area contributed by atoms with Crippen molar-refractivity contribution in [1.29, 1.82) is 0 Å². The molecule has 0 fully saturated rings. The van der Waals surface area contributed by atoms with Crippen molar-refractivity contribution in [1.82, 2.24) is 14.8 Å². The zero-order valence-corrected chi connectivity index (χ0v) is 12.9. The summed E-state index contributed by atoms with van der Waals surface area (Å²) in [6.45, 7) is -3.13. The monoisotopic (exact) mass is 366 g/mol. The molecule has 0 saturated carbocycles. The van der Waals surface area contributed by atoms with Crippen LogP contribution in [0.2, 0.25) is 5.02 Å². The van der Waals surface area contributed by atoms with Gasteiger partial charge in [0.05, 0.1) is 10.3 Å². The molecule has 0 unspecified atom stereocenters. The van der Waals surface area contributed by atoms with Gasteiger partial charge in [-0.3, -0.25) is 0 Å². The van der Waals surface area contributed by atoms with Crippen LogP contribution in [0, 0.1) is 11.6 Å². The Balaban J connectivity index is 2.29. The van der Waals surface area contributed by atoms with E-state index in [1.807, 2.05) is 0 Å². The Labute approximate surface area is 135 Å². The highest BCUT2D eigenvalue weighted by Crippen LogP contribution is 2.42. The van der Waals surface area contributed by atoms with Crippen molar-refractivity contribution in [2.75, 3.05) is 5.73 Å². The average Bonchev–Trinajstić information content (AvgIpc) is 2.95. The number of anilines is 1. The summed E-state index contributed by atoms with van der Waals surface area (Å²) < 4.78 is 58.1. The standard InChI is InChI=1S/C12H7ClF4N4OS/c1-21-10(22-11(16)17)6(13)8(20-21)5-3(14)2-4(15)7-9(5)23-12(18)19-7/h2,11H,1H3,(H2,18,19). The number of rotatable bonds is 3. The lowest BCUT2D eigenvalue weighted by Crippen LogP contribution is -2.06. The predicted octanol–water partition coefficient (Wildman–Crippen LogP) is 3.81. The van der Waals surface area contributed by atoms with Gasteiger partial charge in [0.25, 0.3) is 0 Å². The van der Waals surface area contributed by atoms with Crippen LogP contribution in [0.25, 0.3) is 21.5 Å². The zero-order chi connectivity index (χ0) is 16.9. The van der Waals surface area contributed by atoms with Gasteiger partial charge in [-0.1, -0.05) is 22.9 Å². The molecule has 11 heteroatoms. The lowest BCUT2D eigenvalue weighted by atomic mass is 10.1. The smallest absolute Gasteiger partial charge is 0.388 e. The maximum Gasteiger partial charge on any atom is 0.388 e. The molecule has 23 heavy (non-hydrogen) atoms. The Morgan fingerprint density at radius 2 is 2.04 bits per heavy atom. The van der Waals surface area contributed by atoms with Crippen LogP contribution in [0.4, 0.5) is 22.7 Å². The van der Waals surface area contributed by atoms with Gasteiger partial charge < -0.3 is 10.5 Å². The van der Waals surface area contributed by atoms with Gasteiger partial charge in [0.2, 0.25) is 5.88 Å². The minimum atomic E-state index is -3.13. The molecule has 1 aromatic carbocycles. The molecule has 2 heterocycles. The molecule has 3 rings (SSSR count). The molecule has 0 aliphatic rings. The van der Waals surface area contributed by atoms with Crippen molar-refractivity contribution in [3.63, 3.8) is 0 Å². The van der Waals surface area contributed by atoms with Gasteiger partial charge in [0.1, 0.15) is 22.1 Å². The van der Waals surface area contributed by atoms with Crippen molar-refractivity contribution >= 4 is 38.3 Å². The summed E-state index contributed by atoms with van der Waals surface area (Å²) in [4.78, 5) is 3.77. The van der Waals surface area contributed by atoms with Gasteiger partial charge in [-0.15, -0.1) is 0 Å². The first-order valence-electron chi connectivity index (χ1n) is 6.01. The second-order valence-corrected chi connectivity index (χ2v) is 5.82. The van der Waals surface area contributed by atoms with Gasteiger partial charge >= 0.3 is 6.61 Å². The van der Waals surface area contributed by atoms with Gasteiger partial charge in [0.15, 0.2) is 10.9 Å². The first kappa shape index (κ1) is 15.8. The summed E-state index contributed by atoms with van der Waals surface area (Å²) >= 11 is 6.81. The molecule has 0 aliphatic heterocycles. The lowest BCUT2D eigenvalue weighted by molar-refractivity contribution is -0.0552. The summed E-state index contributed by atoms with van der Waals surface area (Å²) in [6.07, 6.45) is 0. The number of alkyl halides is 2. The first-order chi connectivity index (χ1) is 10.8. The summed E-state index contributed by atoms with van der Waals surface area (Å²) in [5.41, 5.74) is 5.03. The molecule has 0 saturated heterocycles. The van der Waals surface area contributed by atoms with Gasteiger partial charge in [-0.2, -0.15) is 13.9 Å². The van der Waals surface area contributed by atoms with E-state index in [0.29, 0.717) is 6.07 Å². The first-order valence-corrected chi connectivity index (χ1v) is 7.20. The van der Waals surface area contributed by atoms with Crippen molar-refractivity contribution < 1.29 is 22.3 Å². The number of hydrogen-bond acceptors (Lipinski definition) is 5. The number of nitrogens with two attached hydrogens (primary N) is 1. The van der Waals surface area contributed by atoms with Crippen molar-refractivity contribution in [2.24, 2.45) is 7.05 Å². The Kier molecular flexibility index (Phi) is 3.80. The third kappa shape index (κ3) is 2.57. The number of fused-ring (bicyclic) bond motifs is 1. The molecular formula is C12H7ClF4N4OS. The van der Waals surface area contributed by atoms with E-state index in [0.717, 1.165) is 16.0 Å². The molecule has 122 valence electrons. The highest BCUT2D eigenvalue weighted by Gasteiger charge is 2.26. The Hall–Kier alpha value is -2.07. The number of hydrogen-bond donors (Lipinski definition) is 1. The summed E-state index contributed by atoms with van der Waals surface area (Å²) in [5.74, 6) is -2.31. The van der Waals surface area contributed by atoms with Crippen molar-refractivity contribution in [3.05, 3.63) is 22.7 Å². The second kappa shape index (κ2) is 5.53. The van der Waals surface area contributed by atoms with Crippen LogP contribution in [-0.2, 0) is 7.05 Å². The van der Waals surface area contributed by atoms with Gasteiger partial charge in [-0.25, -0.2) is 18.4 Å². The van der Waals surface area contributed by atoms with Gasteiger partial charge in [0, 0.05) is 13.1 Å². The molecule has 5 nitrogen and oxygen atoms in total. The molecule has 0 aliphatic carbocycles. The molecular weight excluding hydrogens is 360 g/mol. The third-order valence-corrected chi connectivity index (χ3v) is 4.21. The zero-order valence-electron chi connectivity index (χ0n) is 11.3. The largest absolute Gasteiger partial charge is 0.416 e. The predicted molar refractivity (Wildman–Crippen MR) is 77.8 cm³/mol. The Morgan fingerprint density at radius 1 is 1.35 bits per heavy atom. The molecule has 0 bridgehead atoms. The molecule has 0 radical (unpaired) electrons. The Morgan fingerprint density at radius 3 is 2.70 bits per heavy atom. The van der Waals surface area contributed by atoms with Crippen LogP contribution in [0.5, 0.6) is 5.88 Å². The van der Waals surface area contributed by atoms with Crippen LogP contribution in [-0.4, -0.2) is 21.4 Å².